The van der Waals surface area contributed by atoms with Crippen molar-refractivity contribution < 1.29 is 19.1 Å². The van der Waals surface area contributed by atoms with Gasteiger partial charge in [0.15, 0.2) is 11.5 Å². The lowest BCUT2D eigenvalue weighted by molar-refractivity contribution is -0.132. The summed E-state index contributed by atoms with van der Waals surface area (Å²) in [6.07, 6.45) is 0.583. The van der Waals surface area contributed by atoms with Crippen LogP contribution in [0.4, 0.5) is 5.69 Å². The summed E-state index contributed by atoms with van der Waals surface area (Å²) in [7, 11) is 3.15. The van der Waals surface area contributed by atoms with Crippen LogP contribution in [0.15, 0.2) is 42.5 Å². The van der Waals surface area contributed by atoms with Crippen molar-refractivity contribution in [3.63, 3.8) is 0 Å². The minimum absolute atomic E-state index is 0.0478. The molecule has 0 radical (unpaired) electrons. The molecule has 0 unspecified atom stereocenters. The molecule has 0 fully saturated rings. The van der Waals surface area contributed by atoms with Crippen LogP contribution < -0.4 is 14.8 Å². The number of para-hydroxylation sites is 1. The van der Waals surface area contributed by atoms with Crippen molar-refractivity contribution in [1.29, 1.82) is 0 Å². The smallest absolute Gasteiger partial charge is 0.244 e. The number of hydrogen-bond donors (Lipinski definition) is 1. The molecular formula is C20H23ClN2O4. The van der Waals surface area contributed by atoms with Crippen LogP contribution in [0.5, 0.6) is 11.5 Å². The van der Waals surface area contributed by atoms with Crippen LogP contribution in [0.25, 0.3) is 0 Å². The fourth-order valence-electron chi connectivity index (χ4n) is 2.57. The van der Waals surface area contributed by atoms with Gasteiger partial charge in [-0.1, -0.05) is 29.8 Å². The molecule has 0 heterocycles. The molecule has 0 aliphatic carbocycles. The maximum absolute atomic E-state index is 12.3. The molecule has 2 aromatic carbocycles. The molecule has 0 saturated heterocycles. The van der Waals surface area contributed by atoms with Crippen molar-refractivity contribution in [3.8, 4) is 11.5 Å². The Morgan fingerprint density at radius 3 is 2.41 bits per heavy atom. The predicted octanol–water partition coefficient (Wildman–Crippen LogP) is 3.39. The van der Waals surface area contributed by atoms with Crippen molar-refractivity contribution in [2.24, 2.45) is 0 Å². The lowest BCUT2D eigenvalue weighted by Gasteiger charge is -2.21. The zero-order chi connectivity index (χ0) is 19.8. The second-order valence-corrected chi connectivity index (χ2v) is 6.32. The SMILES string of the molecule is COc1ccc(CCN(CC(=O)Nc2ccccc2Cl)C(C)=O)cc1OC. The average Bonchev–Trinajstić information content (AvgIpc) is 2.66. The van der Waals surface area contributed by atoms with Gasteiger partial charge in [-0.05, 0) is 36.2 Å². The Morgan fingerprint density at radius 1 is 1.07 bits per heavy atom. The highest BCUT2D eigenvalue weighted by molar-refractivity contribution is 6.33. The first-order valence-electron chi connectivity index (χ1n) is 8.45. The van der Waals surface area contributed by atoms with Gasteiger partial charge in [-0.3, -0.25) is 9.59 Å². The molecule has 0 bridgehead atoms. The summed E-state index contributed by atoms with van der Waals surface area (Å²) in [4.78, 5) is 25.7. The minimum atomic E-state index is -0.300. The fraction of sp³-hybridized carbons (Fsp3) is 0.300. The third-order valence-corrected chi connectivity index (χ3v) is 4.38. The number of ether oxygens (including phenoxy) is 2. The maximum Gasteiger partial charge on any atom is 0.244 e. The van der Waals surface area contributed by atoms with Gasteiger partial charge in [0.1, 0.15) is 0 Å². The molecule has 27 heavy (non-hydrogen) atoms. The Bertz CT molecular complexity index is 810. The molecule has 2 aromatic rings. The number of amides is 2. The minimum Gasteiger partial charge on any atom is -0.493 e. The molecule has 2 amide bonds. The van der Waals surface area contributed by atoms with Crippen LogP contribution in [0.1, 0.15) is 12.5 Å². The highest BCUT2D eigenvalue weighted by Gasteiger charge is 2.15. The first-order chi connectivity index (χ1) is 12.9. The second kappa shape index (κ2) is 9.83. The molecular weight excluding hydrogens is 368 g/mol. The van der Waals surface area contributed by atoms with E-state index in [0.29, 0.717) is 35.2 Å². The van der Waals surface area contributed by atoms with E-state index in [1.807, 2.05) is 18.2 Å². The molecule has 1 N–H and O–H groups in total. The number of hydrogen-bond acceptors (Lipinski definition) is 4. The highest BCUT2D eigenvalue weighted by atomic mass is 35.5. The first-order valence-corrected chi connectivity index (χ1v) is 8.83. The standard InChI is InChI=1S/C20H23ClN2O4/c1-14(24)23(13-20(25)22-17-7-5-4-6-16(17)21)11-10-15-8-9-18(26-2)19(12-15)27-3/h4-9,12H,10-11,13H2,1-3H3,(H,22,25). The summed E-state index contributed by atoms with van der Waals surface area (Å²) in [5.41, 5.74) is 1.50. The number of halogens is 1. The molecule has 0 atom stereocenters. The van der Waals surface area contributed by atoms with E-state index in [9.17, 15) is 9.59 Å². The number of rotatable bonds is 8. The zero-order valence-corrected chi connectivity index (χ0v) is 16.4. The lowest BCUT2D eigenvalue weighted by atomic mass is 10.1. The Morgan fingerprint density at radius 2 is 1.78 bits per heavy atom. The Labute approximate surface area is 164 Å². The van der Waals surface area contributed by atoms with Crippen molar-refractivity contribution in [2.75, 3.05) is 32.6 Å². The van der Waals surface area contributed by atoms with Crippen LogP contribution in [-0.2, 0) is 16.0 Å². The number of benzene rings is 2. The first kappa shape index (κ1) is 20.6. The molecule has 6 nitrogen and oxygen atoms in total. The molecule has 0 saturated carbocycles. The summed E-state index contributed by atoms with van der Waals surface area (Å²) >= 11 is 6.04. The van der Waals surface area contributed by atoms with Gasteiger partial charge >= 0.3 is 0 Å². The topological polar surface area (TPSA) is 67.9 Å². The van der Waals surface area contributed by atoms with Crippen molar-refractivity contribution >= 4 is 29.1 Å². The van der Waals surface area contributed by atoms with Crippen molar-refractivity contribution in [2.45, 2.75) is 13.3 Å². The van der Waals surface area contributed by atoms with E-state index in [0.717, 1.165) is 5.56 Å². The third kappa shape index (κ3) is 5.89. The van der Waals surface area contributed by atoms with E-state index in [2.05, 4.69) is 5.32 Å². The van der Waals surface area contributed by atoms with E-state index in [-0.39, 0.29) is 18.4 Å². The highest BCUT2D eigenvalue weighted by Crippen LogP contribution is 2.27. The monoisotopic (exact) mass is 390 g/mol. The number of carbonyl (C=O) groups is 2. The molecule has 0 aromatic heterocycles. The van der Waals surface area contributed by atoms with Gasteiger partial charge in [0.05, 0.1) is 31.5 Å². The van der Waals surface area contributed by atoms with Gasteiger partial charge in [0.25, 0.3) is 0 Å². The normalized spacial score (nSPS) is 10.2. The molecule has 0 aliphatic heterocycles. The largest absolute Gasteiger partial charge is 0.493 e. The molecule has 7 heteroatoms. The average molecular weight is 391 g/mol. The van der Waals surface area contributed by atoms with E-state index in [1.165, 1.54) is 11.8 Å². The van der Waals surface area contributed by atoms with E-state index < -0.39 is 0 Å². The predicted molar refractivity (Wildman–Crippen MR) is 106 cm³/mol. The van der Waals surface area contributed by atoms with E-state index in [4.69, 9.17) is 21.1 Å². The summed E-state index contributed by atoms with van der Waals surface area (Å²) in [6, 6.07) is 12.5. The van der Waals surface area contributed by atoms with Crippen LogP contribution in [0.3, 0.4) is 0 Å². The molecule has 0 spiro atoms. The van der Waals surface area contributed by atoms with Crippen LogP contribution in [-0.4, -0.2) is 44.0 Å². The quantitative estimate of drug-likeness (QED) is 0.750. The van der Waals surface area contributed by atoms with Gasteiger partial charge in [0.2, 0.25) is 11.8 Å². The van der Waals surface area contributed by atoms with Crippen molar-refractivity contribution in [3.05, 3.63) is 53.1 Å². The number of methoxy groups -OCH3 is 2. The van der Waals surface area contributed by atoms with Crippen LogP contribution in [0.2, 0.25) is 5.02 Å². The van der Waals surface area contributed by atoms with Crippen LogP contribution in [0, 0.1) is 0 Å². The maximum atomic E-state index is 12.3. The zero-order valence-electron chi connectivity index (χ0n) is 15.6. The fourth-order valence-corrected chi connectivity index (χ4v) is 2.76. The third-order valence-electron chi connectivity index (χ3n) is 4.05. The molecule has 144 valence electrons. The van der Waals surface area contributed by atoms with Gasteiger partial charge in [0, 0.05) is 13.5 Å². The lowest BCUT2D eigenvalue weighted by Crippen LogP contribution is -2.38. The van der Waals surface area contributed by atoms with E-state index in [1.54, 1.807) is 38.5 Å². The van der Waals surface area contributed by atoms with Gasteiger partial charge in [-0.2, -0.15) is 0 Å². The van der Waals surface area contributed by atoms with Gasteiger partial charge in [-0.15, -0.1) is 0 Å². The summed E-state index contributed by atoms with van der Waals surface area (Å²) in [5, 5.41) is 3.18. The summed E-state index contributed by atoms with van der Waals surface area (Å²) in [6.45, 7) is 1.80. The molecule has 2 rings (SSSR count). The van der Waals surface area contributed by atoms with Crippen molar-refractivity contribution in [1.82, 2.24) is 4.90 Å². The Kier molecular flexibility index (Phi) is 7.49. The van der Waals surface area contributed by atoms with E-state index >= 15 is 0 Å². The summed E-state index contributed by atoms with van der Waals surface area (Å²) in [5.74, 6) is 0.792. The number of anilines is 1. The number of nitrogens with zero attached hydrogens (tertiary/aromatic N) is 1. The van der Waals surface area contributed by atoms with Gasteiger partial charge < -0.3 is 19.7 Å². The summed E-state index contributed by atoms with van der Waals surface area (Å²) < 4.78 is 10.5. The van der Waals surface area contributed by atoms with Crippen LogP contribution >= 0.6 is 11.6 Å². The Balaban J connectivity index is 1.98. The number of carbonyl (C=O) groups excluding carboxylic acids is 2. The number of nitrogens with one attached hydrogen (secondary N) is 1. The molecule has 0 aliphatic rings. The second-order valence-electron chi connectivity index (χ2n) is 5.91. The van der Waals surface area contributed by atoms with Gasteiger partial charge in [-0.25, -0.2) is 0 Å². The Hall–Kier alpha value is -2.73.